The van der Waals surface area contributed by atoms with Crippen molar-refractivity contribution >= 4 is 21.8 Å². The minimum absolute atomic E-state index is 0.0180. The van der Waals surface area contributed by atoms with Crippen molar-refractivity contribution in [3.05, 3.63) is 206 Å². The summed E-state index contributed by atoms with van der Waals surface area (Å²) >= 11 is 0. The van der Waals surface area contributed by atoms with Gasteiger partial charge in [0.15, 0.2) is 17.5 Å². The minimum atomic E-state index is -0.755. The molecular formula is C51H34N4. The Hall–Kier alpha value is -7.43. The second-order valence-electron chi connectivity index (χ2n) is 12.4. The average molecular weight is 720 g/mol. The van der Waals surface area contributed by atoms with Crippen LogP contribution in [-0.2, 0) is 0 Å². The molecule has 0 aliphatic carbocycles. The number of para-hydroxylation sites is 1. The molecule has 4 heteroatoms. The highest BCUT2D eigenvalue weighted by atomic mass is 15.1. The summed E-state index contributed by atoms with van der Waals surface area (Å²) in [5.74, 6) is -0.441. The van der Waals surface area contributed by atoms with Gasteiger partial charge in [0, 0.05) is 27.5 Å². The predicted molar refractivity (Wildman–Crippen MR) is 227 cm³/mol. The van der Waals surface area contributed by atoms with Crippen LogP contribution in [0.15, 0.2) is 206 Å². The number of hydrogen-bond donors (Lipinski definition) is 0. The summed E-state index contributed by atoms with van der Waals surface area (Å²) in [5.41, 5.74) is 1.73. The zero-order valence-corrected chi connectivity index (χ0v) is 28.6. The molecule has 0 fully saturated rings. The van der Waals surface area contributed by atoms with Crippen LogP contribution in [0.5, 0.6) is 0 Å². The minimum Gasteiger partial charge on any atom is -0.308 e. The molecule has 0 aliphatic rings. The Morgan fingerprint density at radius 3 is 1.60 bits per heavy atom. The summed E-state index contributed by atoms with van der Waals surface area (Å²) < 4.78 is 152. The fourth-order valence-electron chi connectivity index (χ4n) is 6.51. The summed E-state index contributed by atoms with van der Waals surface area (Å²) in [5, 5.41) is -0.559. The molecule has 258 valence electrons. The van der Waals surface area contributed by atoms with E-state index in [1.165, 1.54) is 4.57 Å². The summed E-state index contributed by atoms with van der Waals surface area (Å²) in [6.07, 6.45) is 0. The van der Waals surface area contributed by atoms with Crippen molar-refractivity contribution in [1.29, 1.82) is 0 Å². The molecule has 0 atom stereocenters. The molecule has 55 heavy (non-hydrogen) atoms. The number of fused-ring (bicyclic) bond motifs is 3. The fraction of sp³-hybridized carbons (Fsp3) is 0. The average Bonchev–Trinajstić information content (AvgIpc) is 3.77. The third-order valence-corrected chi connectivity index (χ3v) is 9.10. The molecule has 8 aromatic carbocycles. The maximum Gasteiger partial charge on any atom is 0.166 e. The highest BCUT2D eigenvalue weighted by Gasteiger charge is 2.21. The maximum atomic E-state index is 9.76. The Morgan fingerprint density at radius 2 is 0.891 bits per heavy atom. The van der Waals surface area contributed by atoms with Crippen molar-refractivity contribution in [2.75, 3.05) is 0 Å². The van der Waals surface area contributed by atoms with E-state index in [0.29, 0.717) is 16.7 Å². The predicted octanol–water partition coefficient (Wildman–Crippen LogP) is 13.0. The molecule has 0 saturated carbocycles. The van der Waals surface area contributed by atoms with Crippen molar-refractivity contribution in [3.8, 4) is 73.2 Å². The Labute approximate surface area is 343 Å². The van der Waals surface area contributed by atoms with E-state index < -0.39 is 114 Å². The molecule has 4 nitrogen and oxygen atoms in total. The molecule has 0 saturated heterocycles. The lowest BCUT2D eigenvalue weighted by Gasteiger charge is -2.17. The van der Waals surface area contributed by atoms with E-state index in [-0.39, 0.29) is 56.1 Å². The van der Waals surface area contributed by atoms with E-state index in [2.05, 4.69) is 4.98 Å². The van der Waals surface area contributed by atoms with Gasteiger partial charge in [-0.2, -0.15) is 0 Å². The van der Waals surface area contributed by atoms with Gasteiger partial charge in [-0.05, 0) is 63.6 Å². The van der Waals surface area contributed by atoms with E-state index >= 15 is 0 Å². The number of aromatic nitrogens is 4. The van der Waals surface area contributed by atoms with Crippen LogP contribution < -0.4 is 0 Å². The quantitative estimate of drug-likeness (QED) is 0.165. The Bertz CT molecular complexity index is 3880. The van der Waals surface area contributed by atoms with E-state index in [1.807, 2.05) is 54.6 Å². The fourth-order valence-corrected chi connectivity index (χ4v) is 6.51. The molecule has 2 heterocycles. The van der Waals surface area contributed by atoms with E-state index in [1.54, 1.807) is 48.5 Å². The first-order valence-corrected chi connectivity index (χ1v) is 17.1. The monoisotopic (exact) mass is 719 g/mol. The lowest BCUT2D eigenvalue weighted by molar-refractivity contribution is 1.06. The smallest absolute Gasteiger partial charge is 0.166 e. The zero-order chi connectivity index (χ0) is 51.3. The van der Waals surface area contributed by atoms with Crippen LogP contribution in [-0.4, -0.2) is 19.5 Å². The molecule has 2 aromatic heterocycles. The summed E-state index contributed by atoms with van der Waals surface area (Å²) in [4.78, 5) is 14.3. The van der Waals surface area contributed by atoms with Crippen LogP contribution in [0.1, 0.15) is 23.3 Å². The molecule has 10 aromatic rings. The second-order valence-corrected chi connectivity index (χ2v) is 12.4. The van der Waals surface area contributed by atoms with E-state index in [0.717, 1.165) is 11.1 Å². The topological polar surface area (TPSA) is 43.6 Å². The maximum absolute atomic E-state index is 9.76. The summed E-state index contributed by atoms with van der Waals surface area (Å²) in [7, 11) is 0. The third kappa shape index (κ3) is 6.06. The Kier molecular flexibility index (Phi) is 4.80. The van der Waals surface area contributed by atoms with E-state index in [4.69, 9.17) is 26.4 Å². The molecule has 0 spiro atoms. The standard InChI is InChI=1S/C51H34N4/c1-5-15-35(16-6-1)37-25-27-38(28-26-37)42-29-31-44(51-53-49(39-19-9-3-10-20-39)52-50(54-51)40-21-11-4-12-22-40)48(34-42)55-46-24-14-13-23-43(46)45-33-41(30-32-47(45)55)36-17-7-2-8-18-36/h1-34H/i2D,3D,7D,8D,9D,10D,13D,14D,17D,18D,19D,20D,23D,24D,30D,32D,33D. The van der Waals surface area contributed by atoms with Gasteiger partial charge in [0.2, 0.25) is 0 Å². The van der Waals surface area contributed by atoms with Gasteiger partial charge in [0.1, 0.15) is 0 Å². The van der Waals surface area contributed by atoms with Crippen LogP contribution >= 0.6 is 0 Å². The van der Waals surface area contributed by atoms with Crippen LogP contribution in [0.2, 0.25) is 0 Å². The van der Waals surface area contributed by atoms with Gasteiger partial charge >= 0.3 is 0 Å². The number of nitrogens with zero attached hydrogens (tertiary/aromatic N) is 4. The van der Waals surface area contributed by atoms with E-state index in [9.17, 15) is 6.85 Å². The van der Waals surface area contributed by atoms with Gasteiger partial charge in [-0.15, -0.1) is 0 Å². The number of benzene rings is 8. The highest BCUT2D eigenvalue weighted by molar-refractivity contribution is 6.11. The van der Waals surface area contributed by atoms with Gasteiger partial charge in [-0.1, -0.05) is 176 Å². The zero-order valence-electron chi connectivity index (χ0n) is 45.6. The summed E-state index contributed by atoms with van der Waals surface area (Å²) in [6.45, 7) is 0. The Balaban J connectivity index is 1.37. The molecule has 0 radical (unpaired) electrons. The normalized spacial score (nSPS) is 15.6. The molecule has 0 unspecified atom stereocenters. The highest BCUT2D eigenvalue weighted by Crippen LogP contribution is 2.40. The van der Waals surface area contributed by atoms with Crippen molar-refractivity contribution in [2.24, 2.45) is 0 Å². The van der Waals surface area contributed by atoms with Crippen LogP contribution in [0.25, 0.3) is 95.0 Å². The first-order chi connectivity index (χ1) is 34.3. The van der Waals surface area contributed by atoms with Crippen molar-refractivity contribution in [1.82, 2.24) is 19.5 Å². The molecule has 10 rings (SSSR count). The molecule has 0 bridgehead atoms. The first-order valence-electron chi connectivity index (χ1n) is 25.6. The molecule has 0 amide bonds. The van der Waals surface area contributed by atoms with Crippen LogP contribution in [0, 0.1) is 0 Å². The van der Waals surface area contributed by atoms with Crippen molar-refractivity contribution in [3.63, 3.8) is 0 Å². The van der Waals surface area contributed by atoms with Gasteiger partial charge < -0.3 is 4.57 Å². The van der Waals surface area contributed by atoms with Gasteiger partial charge in [-0.3, -0.25) is 0 Å². The third-order valence-electron chi connectivity index (χ3n) is 9.10. The van der Waals surface area contributed by atoms with Gasteiger partial charge in [0.05, 0.1) is 40.0 Å². The lowest BCUT2D eigenvalue weighted by Crippen LogP contribution is -2.04. The van der Waals surface area contributed by atoms with Gasteiger partial charge in [0.25, 0.3) is 0 Å². The Morgan fingerprint density at radius 1 is 0.364 bits per heavy atom. The molecule has 0 N–H and O–H groups in total. The lowest BCUT2D eigenvalue weighted by atomic mass is 9.98. The SMILES string of the molecule is [2H]c1c([2H])c([2H])c(-c2nc(-c3ccccc3)nc(-c3ccc(-c4ccc(-c5ccccc5)cc4)cc3-n3c4c([2H])c([2H])c([2H])c([2H])c4c4c([2H])c(-c5c([2H])c([2H])c([2H])c([2H])c5[2H])c([2H])c([2H])c43)n2)c([2H])c1[2H]. The summed E-state index contributed by atoms with van der Waals surface area (Å²) in [6, 6.07) is 19.3. The van der Waals surface area contributed by atoms with Crippen LogP contribution in [0.3, 0.4) is 0 Å². The van der Waals surface area contributed by atoms with Crippen molar-refractivity contribution < 1.29 is 23.3 Å². The number of hydrogen-bond acceptors (Lipinski definition) is 3. The first kappa shape index (κ1) is 19.1. The molecular weight excluding hydrogens is 669 g/mol. The van der Waals surface area contributed by atoms with Gasteiger partial charge in [-0.25, -0.2) is 15.0 Å². The molecule has 0 aliphatic heterocycles. The van der Waals surface area contributed by atoms with Crippen molar-refractivity contribution in [2.45, 2.75) is 0 Å². The van der Waals surface area contributed by atoms with Crippen LogP contribution in [0.4, 0.5) is 0 Å². The second kappa shape index (κ2) is 13.8. The number of rotatable bonds is 7. The largest absolute Gasteiger partial charge is 0.308 e.